The lowest BCUT2D eigenvalue weighted by Crippen LogP contribution is -2.11. The van der Waals surface area contributed by atoms with Gasteiger partial charge in [0.15, 0.2) is 0 Å². The van der Waals surface area contributed by atoms with Gasteiger partial charge in [-0.15, -0.1) is 0 Å². The molecule has 1 rings (SSSR count). The highest BCUT2D eigenvalue weighted by molar-refractivity contribution is 6.32. The highest BCUT2D eigenvalue weighted by Crippen LogP contribution is 2.21. The molecule has 0 atom stereocenters. The number of pyridine rings is 1. The summed E-state index contributed by atoms with van der Waals surface area (Å²) in [4.78, 5) is 4.16. The Labute approximate surface area is 95.1 Å². The number of rotatable bonds is 3. The van der Waals surface area contributed by atoms with Crippen molar-refractivity contribution in [2.75, 3.05) is 7.05 Å². The van der Waals surface area contributed by atoms with Crippen molar-refractivity contribution in [2.45, 2.75) is 13.8 Å². The van der Waals surface area contributed by atoms with Crippen molar-refractivity contribution in [1.82, 2.24) is 9.99 Å². The zero-order valence-corrected chi connectivity index (χ0v) is 9.91. The maximum absolute atomic E-state index is 6.00. The highest BCUT2D eigenvalue weighted by atomic mass is 35.5. The first-order chi connectivity index (χ1) is 7.02. The van der Waals surface area contributed by atoms with E-state index < -0.39 is 0 Å². The fraction of sp³-hybridized carbons (Fsp3) is 0.273. The van der Waals surface area contributed by atoms with E-state index in [-0.39, 0.29) is 0 Å². The fourth-order valence-electron chi connectivity index (χ4n) is 1.11. The van der Waals surface area contributed by atoms with Gasteiger partial charge in [-0.25, -0.2) is 0 Å². The van der Waals surface area contributed by atoms with Crippen molar-refractivity contribution in [3.05, 3.63) is 35.6 Å². The van der Waals surface area contributed by atoms with Crippen LogP contribution < -0.4 is 0 Å². The summed E-state index contributed by atoms with van der Waals surface area (Å²) in [5, 5.41) is 6.50. The van der Waals surface area contributed by atoms with Crippen LogP contribution >= 0.6 is 11.6 Å². The number of nitrogens with zero attached hydrogens (tertiary/aromatic N) is 3. The molecule has 0 radical (unpaired) electrons. The van der Waals surface area contributed by atoms with Gasteiger partial charge in [0, 0.05) is 19.0 Å². The van der Waals surface area contributed by atoms with Gasteiger partial charge in [0.1, 0.15) is 5.69 Å². The van der Waals surface area contributed by atoms with Crippen molar-refractivity contribution < 1.29 is 0 Å². The van der Waals surface area contributed by atoms with Crippen molar-refractivity contribution >= 4 is 23.0 Å². The molecule has 1 aromatic rings. The molecule has 0 N–H and O–H groups in total. The van der Waals surface area contributed by atoms with Gasteiger partial charge >= 0.3 is 0 Å². The summed E-state index contributed by atoms with van der Waals surface area (Å²) in [5.74, 6) is 0. The van der Waals surface area contributed by atoms with Crippen LogP contribution in [0, 0.1) is 0 Å². The molecule has 3 nitrogen and oxygen atoms in total. The SMILES string of the molecule is C=C(c1ncccc1Cl)N(C)N=C(C)C. The van der Waals surface area contributed by atoms with E-state index in [1.54, 1.807) is 23.3 Å². The molecule has 0 unspecified atom stereocenters. The van der Waals surface area contributed by atoms with Crippen LogP contribution in [0.1, 0.15) is 19.5 Å². The first-order valence-corrected chi connectivity index (χ1v) is 4.95. The van der Waals surface area contributed by atoms with Gasteiger partial charge < -0.3 is 0 Å². The van der Waals surface area contributed by atoms with E-state index in [1.807, 2.05) is 20.9 Å². The van der Waals surface area contributed by atoms with E-state index in [2.05, 4.69) is 16.7 Å². The Bertz CT molecular complexity index is 395. The highest BCUT2D eigenvalue weighted by Gasteiger charge is 2.08. The zero-order valence-electron chi connectivity index (χ0n) is 9.16. The molecule has 0 bridgehead atoms. The molecule has 0 aliphatic carbocycles. The molecule has 4 heteroatoms. The summed E-state index contributed by atoms with van der Waals surface area (Å²) >= 11 is 6.00. The maximum Gasteiger partial charge on any atom is 0.106 e. The van der Waals surface area contributed by atoms with Gasteiger partial charge in [0.25, 0.3) is 0 Å². The Morgan fingerprint density at radius 1 is 1.53 bits per heavy atom. The molecule has 0 saturated carbocycles. The van der Waals surface area contributed by atoms with Gasteiger partial charge in [0.05, 0.1) is 10.7 Å². The first kappa shape index (κ1) is 11.7. The summed E-state index contributed by atoms with van der Waals surface area (Å²) in [6, 6.07) is 3.57. The van der Waals surface area contributed by atoms with Gasteiger partial charge in [-0.1, -0.05) is 18.2 Å². The van der Waals surface area contributed by atoms with Gasteiger partial charge in [-0.05, 0) is 26.0 Å². The van der Waals surface area contributed by atoms with E-state index >= 15 is 0 Å². The van der Waals surface area contributed by atoms with Crippen molar-refractivity contribution in [3.63, 3.8) is 0 Å². The molecular weight excluding hydrogens is 210 g/mol. The van der Waals surface area contributed by atoms with Crippen LogP contribution in [0.25, 0.3) is 5.70 Å². The molecule has 0 aromatic carbocycles. The van der Waals surface area contributed by atoms with E-state index in [0.717, 1.165) is 5.71 Å². The topological polar surface area (TPSA) is 28.5 Å². The Morgan fingerprint density at radius 2 is 2.20 bits per heavy atom. The van der Waals surface area contributed by atoms with Gasteiger partial charge in [0.2, 0.25) is 0 Å². The van der Waals surface area contributed by atoms with E-state index in [9.17, 15) is 0 Å². The molecule has 0 saturated heterocycles. The normalized spacial score (nSPS) is 9.60. The zero-order chi connectivity index (χ0) is 11.4. The summed E-state index contributed by atoms with van der Waals surface area (Å²) < 4.78 is 0. The lowest BCUT2D eigenvalue weighted by Gasteiger charge is -2.16. The molecule has 1 heterocycles. The average Bonchev–Trinajstić information content (AvgIpc) is 2.16. The van der Waals surface area contributed by atoms with Gasteiger partial charge in [-0.3, -0.25) is 9.99 Å². The van der Waals surface area contributed by atoms with E-state index in [0.29, 0.717) is 16.4 Å². The second kappa shape index (κ2) is 4.94. The Kier molecular flexibility index (Phi) is 3.86. The summed E-state index contributed by atoms with van der Waals surface area (Å²) in [6.07, 6.45) is 1.68. The monoisotopic (exact) mass is 223 g/mol. The number of hydrogen-bond acceptors (Lipinski definition) is 3. The van der Waals surface area contributed by atoms with Crippen LogP contribution in [-0.2, 0) is 0 Å². The molecular formula is C11H14ClN3. The number of hydrazone groups is 1. The van der Waals surface area contributed by atoms with E-state index in [4.69, 9.17) is 11.6 Å². The van der Waals surface area contributed by atoms with Crippen LogP contribution in [0.4, 0.5) is 0 Å². The largest absolute Gasteiger partial charge is 0.267 e. The number of aromatic nitrogens is 1. The van der Waals surface area contributed by atoms with Crippen LogP contribution in [0.2, 0.25) is 5.02 Å². The molecule has 0 amide bonds. The van der Waals surface area contributed by atoms with E-state index in [1.165, 1.54) is 0 Å². The minimum atomic E-state index is 0.582. The molecule has 0 aliphatic heterocycles. The quantitative estimate of drug-likeness (QED) is 0.582. The van der Waals surface area contributed by atoms with Gasteiger partial charge in [-0.2, -0.15) is 5.10 Å². The fourth-order valence-corrected chi connectivity index (χ4v) is 1.34. The maximum atomic E-state index is 6.00. The van der Waals surface area contributed by atoms with Crippen LogP contribution in [0.15, 0.2) is 30.0 Å². The lowest BCUT2D eigenvalue weighted by molar-refractivity contribution is 0.514. The summed E-state index contributed by atoms with van der Waals surface area (Å²) in [5.41, 5.74) is 2.29. The Hall–Kier alpha value is -1.35. The second-order valence-corrected chi connectivity index (χ2v) is 3.76. The minimum Gasteiger partial charge on any atom is -0.267 e. The third kappa shape index (κ3) is 3.06. The molecule has 80 valence electrons. The molecule has 0 spiro atoms. The predicted octanol–water partition coefficient (Wildman–Crippen LogP) is 3.03. The third-order valence-corrected chi connectivity index (χ3v) is 2.08. The Balaban J connectivity index is 2.95. The molecule has 0 fully saturated rings. The molecule has 15 heavy (non-hydrogen) atoms. The smallest absolute Gasteiger partial charge is 0.106 e. The lowest BCUT2D eigenvalue weighted by atomic mass is 10.3. The van der Waals surface area contributed by atoms with Crippen molar-refractivity contribution in [3.8, 4) is 0 Å². The number of hydrogen-bond donors (Lipinski definition) is 0. The second-order valence-electron chi connectivity index (χ2n) is 3.35. The molecule has 1 aromatic heterocycles. The van der Waals surface area contributed by atoms with Crippen molar-refractivity contribution in [1.29, 1.82) is 0 Å². The predicted molar refractivity (Wildman–Crippen MR) is 64.8 cm³/mol. The third-order valence-electron chi connectivity index (χ3n) is 1.77. The molecule has 0 aliphatic rings. The number of halogens is 1. The van der Waals surface area contributed by atoms with Crippen LogP contribution in [0.3, 0.4) is 0 Å². The standard InChI is InChI=1S/C11H14ClN3/c1-8(2)14-15(4)9(3)11-10(12)6-5-7-13-11/h5-7H,3H2,1-2,4H3. The first-order valence-electron chi connectivity index (χ1n) is 4.57. The van der Waals surface area contributed by atoms with Crippen molar-refractivity contribution in [2.24, 2.45) is 5.10 Å². The summed E-state index contributed by atoms with van der Waals surface area (Å²) in [7, 11) is 1.82. The Morgan fingerprint density at radius 3 is 2.73 bits per heavy atom. The van der Waals surface area contributed by atoms with Crippen LogP contribution in [0.5, 0.6) is 0 Å². The van der Waals surface area contributed by atoms with Crippen LogP contribution in [-0.4, -0.2) is 22.8 Å². The summed E-state index contributed by atoms with van der Waals surface area (Å²) in [6.45, 7) is 7.75. The minimum absolute atomic E-state index is 0.582. The average molecular weight is 224 g/mol.